The van der Waals surface area contributed by atoms with Crippen molar-refractivity contribution in [2.45, 2.75) is 45.4 Å². The monoisotopic (exact) mass is 309 g/mol. The summed E-state index contributed by atoms with van der Waals surface area (Å²) in [6.45, 7) is 2.95. The van der Waals surface area contributed by atoms with E-state index in [4.69, 9.17) is 10.00 Å². The topological polar surface area (TPSA) is 33.0 Å². The van der Waals surface area contributed by atoms with E-state index in [-0.39, 0.29) is 0 Å². The SMILES string of the molecule is CCCCCCCCOc1cc(Br)cc(C#N)c1. The number of hydrogen-bond acceptors (Lipinski definition) is 2. The molecule has 98 valence electrons. The van der Waals surface area contributed by atoms with Gasteiger partial charge < -0.3 is 4.74 Å². The van der Waals surface area contributed by atoms with Crippen LogP contribution < -0.4 is 4.74 Å². The fourth-order valence-corrected chi connectivity index (χ4v) is 2.26. The Bertz CT molecular complexity index is 398. The lowest BCUT2D eigenvalue weighted by molar-refractivity contribution is 0.304. The standard InChI is InChI=1S/C15H20BrNO/c1-2-3-4-5-6-7-8-18-15-10-13(12-17)9-14(16)11-15/h9-11H,2-8H2,1H3. The van der Waals surface area contributed by atoms with Crippen LogP contribution in [0.4, 0.5) is 0 Å². The van der Waals surface area contributed by atoms with E-state index >= 15 is 0 Å². The fourth-order valence-electron chi connectivity index (χ4n) is 1.78. The highest BCUT2D eigenvalue weighted by Crippen LogP contribution is 2.21. The van der Waals surface area contributed by atoms with Crippen molar-refractivity contribution in [1.29, 1.82) is 5.26 Å². The first-order valence-corrected chi connectivity index (χ1v) is 7.39. The van der Waals surface area contributed by atoms with E-state index < -0.39 is 0 Å². The minimum Gasteiger partial charge on any atom is -0.494 e. The number of nitrogens with zero attached hydrogens (tertiary/aromatic N) is 1. The maximum Gasteiger partial charge on any atom is 0.121 e. The Balaban J connectivity index is 2.23. The van der Waals surface area contributed by atoms with E-state index in [2.05, 4.69) is 28.9 Å². The molecular weight excluding hydrogens is 290 g/mol. The van der Waals surface area contributed by atoms with E-state index in [1.165, 1.54) is 32.1 Å². The summed E-state index contributed by atoms with van der Waals surface area (Å²) >= 11 is 3.37. The van der Waals surface area contributed by atoms with Crippen molar-refractivity contribution in [3.8, 4) is 11.8 Å². The van der Waals surface area contributed by atoms with E-state index in [9.17, 15) is 0 Å². The van der Waals surface area contributed by atoms with Crippen molar-refractivity contribution >= 4 is 15.9 Å². The molecule has 0 aromatic heterocycles. The zero-order valence-electron chi connectivity index (χ0n) is 10.9. The molecular formula is C15H20BrNO. The second-order valence-corrected chi connectivity index (χ2v) is 5.32. The molecule has 0 bridgehead atoms. The van der Waals surface area contributed by atoms with Gasteiger partial charge in [0.05, 0.1) is 18.2 Å². The highest BCUT2D eigenvalue weighted by molar-refractivity contribution is 9.10. The molecule has 1 aromatic rings. The van der Waals surface area contributed by atoms with E-state index in [1.54, 1.807) is 12.1 Å². The first-order chi connectivity index (χ1) is 8.76. The second-order valence-electron chi connectivity index (χ2n) is 4.40. The molecule has 0 N–H and O–H groups in total. The minimum absolute atomic E-state index is 0.627. The van der Waals surface area contributed by atoms with Crippen LogP contribution in [0.15, 0.2) is 22.7 Å². The molecule has 0 aliphatic carbocycles. The molecule has 0 saturated heterocycles. The first kappa shape index (κ1) is 15.0. The third kappa shape index (κ3) is 6.07. The third-order valence-corrected chi connectivity index (χ3v) is 3.22. The molecule has 0 radical (unpaired) electrons. The fraction of sp³-hybridized carbons (Fsp3) is 0.533. The normalized spacial score (nSPS) is 10.1. The lowest BCUT2D eigenvalue weighted by Gasteiger charge is -2.07. The van der Waals surface area contributed by atoms with Gasteiger partial charge in [-0.05, 0) is 24.6 Å². The van der Waals surface area contributed by atoms with E-state index in [0.29, 0.717) is 5.56 Å². The maximum atomic E-state index is 8.85. The Hall–Kier alpha value is -1.01. The van der Waals surface area contributed by atoms with E-state index in [0.717, 1.165) is 23.2 Å². The van der Waals surface area contributed by atoms with Crippen molar-refractivity contribution < 1.29 is 4.74 Å². The van der Waals surface area contributed by atoms with Crippen molar-refractivity contribution in [3.05, 3.63) is 28.2 Å². The Morgan fingerprint density at radius 1 is 1.11 bits per heavy atom. The van der Waals surface area contributed by atoms with Gasteiger partial charge in [0.1, 0.15) is 5.75 Å². The van der Waals surface area contributed by atoms with Crippen molar-refractivity contribution in [1.82, 2.24) is 0 Å². The molecule has 0 aliphatic rings. The van der Waals surface area contributed by atoms with Crippen molar-refractivity contribution in [3.63, 3.8) is 0 Å². The molecule has 0 atom stereocenters. The van der Waals surface area contributed by atoms with Gasteiger partial charge in [0.25, 0.3) is 0 Å². The molecule has 0 amide bonds. The summed E-state index contributed by atoms with van der Waals surface area (Å²) in [4.78, 5) is 0. The summed E-state index contributed by atoms with van der Waals surface area (Å²) < 4.78 is 6.54. The van der Waals surface area contributed by atoms with Crippen LogP contribution in [0.5, 0.6) is 5.75 Å². The van der Waals surface area contributed by atoms with Gasteiger partial charge in [0.15, 0.2) is 0 Å². The molecule has 0 saturated carbocycles. The lowest BCUT2D eigenvalue weighted by Crippen LogP contribution is -1.97. The zero-order valence-corrected chi connectivity index (χ0v) is 12.5. The molecule has 2 nitrogen and oxygen atoms in total. The predicted octanol–water partition coefficient (Wildman–Crippen LogP) is 5.06. The average Bonchev–Trinajstić information content (AvgIpc) is 2.37. The molecule has 3 heteroatoms. The highest BCUT2D eigenvalue weighted by Gasteiger charge is 2.00. The van der Waals surface area contributed by atoms with Gasteiger partial charge in [-0.15, -0.1) is 0 Å². The number of unbranched alkanes of at least 4 members (excludes halogenated alkanes) is 5. The van der Waals surface area contributed by atoms with Gasteiger partial charge >= 0.3 is 0 Å². The molecule has 0 spiro atoms. The van der Waals surface area contributed by atoms with Crippen LogP contribution in [0, 0.1) is 11.3 Å². The number of rotatable bonds is 8. The summed E-state index contributed by atoms with van der Waals surface area (Å²) in [5, 5.41) is 8.85. The van der Waals surface area contributed by atoms with Gasteiger partial charge in [-0.1, -0.05) is 55.0 Å². The van der Waals surface area contributed by atoms with Crippen LogP contribution in [-0.4, -0.2) is 6.61 Å². The molecule has 0 heterocycles. The van der Waals surface area contributed by atoms with Crippen LogP contribution in [0.3, 0.4) is 0 Å². The summed E-state index contributed by atoms with van der Waals surface area (Å²) in [7, 11) is 0. The highest BCUT2D eigenvalue weighted by atomic mass is 79.9. The number of halogens is 1. The van der Waals surface area contributed by atoms with Gasteiger partial charge in [0, 0.05) is 4.47 Å². The Morgan fingerprint density at radius 2 is 1.83 bits per heavy atom. The Labute approximate surface area is 118 Å². The third-order valence-electron chi connectivity index (χ3n) is 2.77. The molecule has 18 heavy (non-hydrogen) atoms. The van der Waals surface area contributed by atoms with Gasteiger partial charge in [0.2, 0.25) is 0 Å². The second kappa shape index (κ2) is 8.99. The maximum absolute atomic E-state index is 8.85. The molecule has 1 aromatic carbocycles. The molecule has 0 aliphatic heterocycles. The summed E-state index contributed by atoms with van der Waals surface area (Å²) in [6.07, 6.45) is 7.53. The predicted molar refractivity (Wildman–Crippen MR) is 77.7 cm³/mol. The minimum atomic E-state index is 0.627. The van der Waals surface area contributed by atoms with Gasteiger partial charge in [-0.25, -0.2) is 0 Å². The average molecular weight is 310 g/mol. The van der Waals surface area contributed by atoms with Crippen LogP contribution >= 0.6 is 15.9 Å². The van der Waals surface area contributed by atoms with Crippen LogP contribution in [0.25, 0.3) is 0 Å². The lowest BCUT2D eigenvalue weighted by atomic mass is 10.1. The van der Waals surface area contributed by atoms with Gasteiger partial charge in [-0.2, -0.15) is 5.26 Å². The van der Waals surface area contributed by atoms with E-state index in [1.807, 2.05) is 6.07 Å². The Morgan fingerprint density at radius 3 is 2.56 bits per heavy atom. The number of hydrogen-bond donors (Lipinski definition) is 0. The Kier molecular flexibility index (Phi) is 7.52. The number of nitriles is 1. The summed E-state index contributed by atoms with van der Waals surface area (Å²) in [6, 6.07) is 7.59. The summed E-state index contributed by atoms with van der Waals surface area (Å²) in [5.74, 6) is 0.773. The smallest absolute Gasteiger partial charge is 0.121 e. The van der Waals surface area contributed by atoms with Crippen LogP contribution in [0.1, 0.15) is 51.0 Å². The van der Waals surface area contributed by atoms with Crippen LogP contribution in [0.2, 0.25) is 0 Å². The van der Waals surface area contributed by atoms with Crippen molar-refractivity contribution in [2.75, 3.05) is 6.61 Å². The number of ether oxygens (including phenoxy) is 1. The zero-order chi connectivity index (χ0) is 13.2. The van der Waals surface area contributed by atoms with Crippen molar-refractivity contribution in [2.24, 2.45) is 0 Å². The van der Waals surface area contributed by atoms with Crippen LogP contribution in [-0.2, 0) is 0 Å². The first-order valence-electron chi connectivity index (χ1n) is 6.59. The molecule has 1 rings (SSSR count). The summed E-state index contributed by atoms with van der Waals surface area (Å²) in [5.41, 5.74) is 0.627. The number of benzene rings is 1. The molecule has 0 unspecified atom stereocenters. The molecule has 0 fully saturated rings. The largest absolute Gasteiger partial charge is 0.494 e. The quantitative estimate of drug-likeness (QED) is 0.629. The van der Waals surface area contributed by atoms with Gasteiger partial charge in [-0.3, -0.25) is 0 Å².